The van der Waals surface area contributed by atoms with Gasteiger partial charge in [0.2, 0.25) is 0 Å². The Bertz CT molecular complexity index is 403. The van der Waals surface area contributed by atoms with Gasteiger partial charge in [-0.15, -0.1) is 0 Å². The zero-order valence-electron chi connectivity index (χ0n) is 6.90. The molecule has 0 bridgehead atoms. The van der Waals surface area contributed by atoms with Crippen LogP contribution >= 0.6 is 15.9 Å². The molecule has 0 saturated heterocycles. The van der Waals surface area contributed by atoms with Gasteiger partial charge in [-0.1, -0.05) is 15.9 Å². The van der Waals surface area contributed by atoms with E-state index < -0.39 is 5.92 Å². The highest BCUT2D eigenvalue weighted by molar-refractivity contribution is 9.11. The molecule has 0 radical (unpaired) electrons. The van der Waals surface area contributed by atoms with E-state index in [1.807, 2.05) is 0 Å². The van der Waals surface area contributed by atoms with Gasteiger partial charge in [0.15, 0.2) is 5.92 Å². The van der Waals surface area contributed by atoms with Crippen molar-refractivity contribution in [1.82, 2.24) is 0 Å². The third kappa shape index (κ3) is 4.07. The Hall–Kier alpha value is -2.08. The van der Waals surface area contributed by atoms with Gasteiger partial charge in [0.05, 0.1) is 12.1 Å². The largest absolute Gasteiger partial charge is 0.197 e. The van der Waals surface area contributed by atoms with Crippen LogP contribution in [0.2, 0.25) is 0 Å². The number of allylic oxidation sites excluding steroid dienone is 4. The molecule has 0 fully saturated rings. The third-order valence-electron chi connectivity index (χ3n) is 1.13. The second-order valence-electron chi connectivity index (χ2n) is 2.07. The van der Waals surface area contributed by atoms with Gasteiger partial charge in [-0.3, -0.25) is 0 Å². The Morgan fingerprint density at radius 3 is 1.93 bits per heavy atom. The molecule has 14 heavy (non-hydrogen) atoms. The highest BCUT2D eigenvalue weighted by atomic mass is 79.9. The number of halogens is 1. The van der Waals surface area contributed by atoms with Crippen LogP contribution in [0.1, 0.15) is 0 Å². The fourth-order valence-electron chi connectivity index (χ4n) is 0.538. The molecule has 0 saturated carbocycles. The first-order chi connectivity index (χ1) is 6.67. The molecule has 0 N–H and O–H groups in total. The minimum Gasteiger partial charge on any atom is -0.197 e. The van der Waals surface area contributed by atoms with Crippen LogP contribution in [0.4, 0.5) is 0 Å². The van der Waals surface area contributed by atoms with E-state index >= 15 is 0 Å². The lowest BCUT2D eigenvalue weighted by Crippen LogP contribution is -1.86. The second-order valence-corrected chi connectivity index (χ2v) is 2.98. The number of hydrogen-bond acceptors (Lipinski definition) is 4. The highest BCUT2D eigenvalue weighted by Crippen LogP contribution is 2.12. The van der Waals surface area contributed by atoms with Crippen LogP contribution in [0, 0.1) is 51.2 Å². The smallest absolute Gasteiger partial charge is 0.152 e. The summed E-state index contributed by atoms with van der Waals surface area (Å²) in [6, 6.07) is 6.77. The molecule has 0 atom stereocenters. The Labute approximate surface area is 89.7 Å². The van der Waals surface area contributed by atoms with Gasteiger partial charge in [-0.05, 0) is 12.2 Å². The molecule has 0 aromatic carbocycles. The quantitative estimate of drug-likeness (QED) is 0.549. The van der Waals surface area contributed by atoms with Crippen LogP contribution in [0.25, 0.3) is 0 Å². The molecular formula is C9H3BrN4. The van der Waals surface area contributed by atoms with Crippen molar-refractivity contribution >= 4 is 15.9 Å². The van der Waals surface area contributed by atoms with Crippen molar-refractivity contribution in [3.05, 3.63) is 22.2 Å². The molecule has 5 heteroatoms. The minimum atomic E-state index is -0.890. The summed E-state index contributed by atoms with van der Waals surface area (Å²) >= 11 is 3.02. The van der Waals surface area contributed by atoms with Crippen LogP contribution in [0.5, 0.6) is 0 Å². The van der Waals surface area contributed by atoms with E-state index in [1.165, 1.54) is 12.2 Å². The van der Waals surface area contributed by atoms with E-state index in [0.29, 0.717) is 4.48 Å². The molecule has 0 rings (SSSR count). The Morgan fingerprint density at radius 2 is 1.57 bits per heavy atom. The molecule has 0 aromatic rings. The summed E-state index contributed by atoms with van der Waals surface area (Å²) in [6.45, 7) is 0. The van der Waals surface area contributed by atoms with Crippen molar-refractivity contribution < 1.29 is 0 Å². The summed E-state index contributed by atoms with van der Waals surface area (Å²) in [5, 5.41) is 33.7. The summed E-state index contributed by atoms with van der Waals surface area (Å²) in [5.74, 6) is -0.890. The summed E-state index contributed by atoms with van der Waals surface area (Å²) in [4.78, 5) is 0. The standard InChI is InChI=1S/C9H3BrN4/c10-9(1-7(3-11)4-12)2-8(5-13)6-14/h1-2,7H/b9-1+. The van der Waals surface area contributed by atoms with E-state index in [0.717, 1.165) is 0 Å². The van der Waals surface area contributed by atoms with E-state index in [4.69, 9.17) is 21.0 Å². The fourth-order valence-corrected chi connectivity index (χ4v) is 1.03. The van der Waals surface area contributed by atoms with E-state index in [9.17, 15) is 0 Å². The first-order valence-corrected chi connectivity index (χ1v) is 4.15. The third-order valence-corrected chi connectivity index (χ3v) is 1.62. The normalized spacial score (nSPS) is 9.14. The number of nitrogens with zero attached hydrogens (tertiary/aromatic N) is 4. The van der Waals surface area contributed by atoms with Crippen LogP contribution < -0.4 is 0 Å². The minimum absolute atomic E-state index is 0.0947. The van der Waals surface area contributed by atoms with Gasteiger partial charge >= 0.3 is 0 Å². The predicted octanol–water partition coefficient (Wildman–Crippen LogP) is 1.90. The average molecular weight is 247 g/mol. The summed E-state index contributed by atoms with van der Waals surface area (Å²) < 4.78 is 0.365. The van der Waals surface area contributed by atoms with Gasteiger partial charge in [-0.25, -0.2) is 0 Å². The molecule has 0 aliphatic rings. The van der Waals surface area contributed by atoms with Crippen molar-refractivity contribution in [2.75, 3.05) is 0 Å². The van der Waals surface area contributed by atoms with Crippen LogP contribution in [-0.2, 0) is 0 Å². The predicted molar refractivity (Wildman–Crippen MR) is 51.0 cm³/mol. The first-order valence-electron chi connectivity index (χ1n) is 3.36. The number of rotatable bonds is 2. The maximum Gasteiger partial charge on any atom is 0.152 e. The number of hydrogen-bond donors (Lipinski definition) is 0. The van der Waals surface area contributed by atoms with Gasteiger partial charge < -0.3 is 0 Å². The molecule has 66 valence electrons. The van der Waals surface area contributed by atoms with Crippen LogP contribution in [-0.4, -0.2) is 0 Å². The molecular weight excluding hydrogens is 244 g/mol. The zero-order chi connectivity index (χ0) is 11.0. The fraction of sp³-hybridized carbons (Fsp3) is 0.111. The van der Waals surface area contributed by atoms with Crippen molar-refractivity contribution in [2.24, 2.45) is 5.92 Å². The summed E-state index contributed by atoms with van der Waals surface area (Å²) in [5.41, 5.74) is -0.0947. The van der Waals surface area contributed by atoms with Crippen LogP contribution in [0.15, 0.2) is 22.2 Å². The van der Waals surface area contributed by atoms with Gasteiger partial charge in [-0.2, -0.15) is 21.0 Å². The Kier molecular flexibility index (Phi) is 5.48. The van der Waals surface area contributed by atoms with Crippen molar-refractivity contribution in [1.29, 1.82) is 21.0 Å². The van der Waals surface area contributed by atoms with E-state index in [1.54, 1.807) is 24.3 Å². The van der Waals surface area contributed by atoms with E-state index in [2.05, 4.69) is 15.9 Å². The molecule has 0 aliphatic carbocycles. The topological polar surface area (TPSA) is 95.2 Å². The van der Waals surface area contributed by atoms with Crippen molar-refractivity contribution in [3.63, 3.8) is 0 Å². The van der Waals surface area contributed by atoms with Gasteiger partial charge in [0.1, 0.15) is 17.7 Å². The highest BCUT2D eigenvalue weighted by Gasteiger charge is 2.01. The second kappa shape index (κ2) is 6.44. The van der Waals surface area contributed by atoms with E-state index in [-0.39, 0.29) is 5.57 Å². The van der Waals surface area contributed by atoms with Crippen molar-refractivity contribution in [2.45, 2.75) is 0 Å². The average Bonchev–Trinajstić information content (AvgIpc) is 2.22. The molecule has 0 unspecified atom stereocenters. The summed E-state index contributed by atoms with van der Waals surface area (Å²) in [6.07, 6.45) is 2.57. The van der Waals surface area contributed by atoms with Crippen LogP contribution in [0.3, 0.4) is 0 Å². The molecule has 4 nitrogen and oxygen atoms in total. The lowest BCUT2D eigenvalue weighted by molar-refractivity contribution is 1.09. The summed E-state index contributed by atoms with van der Waals surface area (Å²) in [7, 11) is 0. The number of nitriles is 4. The Morgan fingerprint density at radius 1 is 1.07 bits per heavy atom. The first kappa shape index (κ1) is 11.9. The maximum absolute atomic E-state index is 8.43. The maximum atomic E-state index is 8.43. The van der Waals surface area contributed by atoms with Gasteiger partial charge in [0.25, 0.3) is 0 Å². The van der Waals surface area contributed by atoms with Crippen molar-refractivity contribution in [3.8, 4) is 24.3 Å². The Balaban J connectivity index is 4.87. The lowest BCUT2D eigenvalue weighted by Gasteiger charge is -1.90. The molecule has 0 heterocycles. The SMILES string of the molecule is N#CC(C#N)=C/C(Br)=C\C(C#N)C#N. The van der Waals surface area contributed by atoms with Gasteiger partial charge in [0, 0.05) is 4.48 Å². The molecule has 0 amide bonds. The monoisotopic (exact) mass is 246 g/mol. The molecule has 0 aromatic heterocycles. The zero-order valence-corrected chi connectivity index (χ0v) is 8.48. The lowest BCUT2D eigenvalue weighted by atomic mass is 10.2. The molecule has 0 aliphatic heterocycles. The molecule has 0 spiro atoms.